The summed E-state index contributed by atoms with van der Waals surface area (Å²) >= 11 is 0. The molecule has 22 heavy (non-hydrogen) atoms. The SMILES string of the molecule is CC1C2CC3CCCC3CC2C([Si](C)(C)NC(C)(C)C)[C@@H]1C. The van der Waals surface area contributed by atoms with E-state index in [0.717, 1.165) is 41.0 Å². The van der Waals surface area contributed by atoms with E-state index in [4.69, 9.17) is 0 Å². The topological polar surface area (TPSA) is 12.0 Å². The largest absolute Gasteiger partial charge is 0.332 e. The monoisotopic (exact) mass is 321 g/mol. The molecule has 0 amide bonds. The van der Waals surface area contributed by atoms with Gasteiger partial charge in [-0.1, -0.05) is 46.2 Å². The van der Waals surface area contributed by atoms with Crippen LogP contribution in [0.25, 0.3) is 0 Å². The highest BCUT2D eigenvalue weighted by Crippen LogP contribution is 2.62. The first-order valence-electron chi connectivity index (χ1n) is 9.89. The van der Waals surface area contributed by atoms with Gasteiger partial charge in [0.05, 0.1) is 0 Å². The minimum absolute atomic E-state index is 0.265. The summed E-state index contributed by atoms with van der Waals surface area (Å²) in [6.45, 7) is 17.5. The van der Waals surface area contributed by atoms with Crippen molar-refractivity contribution in [3.63, 3.8) is 0 Å². The molecule has 0 saturated heterocycles. The Balaban J connectivity index is 1.84. The lowest BCUT2D eigenvalue weighted by Crippen LogP contribution is -2.59. The number of rotatable bonds is 2. The van der Waals surface area contributed by atoms with Crippen molar-refractivity contribution in [3.8, 4) is 0 Å². The number of nitrogens with one attached hydrogen (secondary N) is 1. The van der Waals surface area contributed by atoms with E-state index in [1.54, 1.807) is 19.3 Å². The standard InChI is InChI=1S/C20H39NSi/c1-13-14(2)19(22(6,7)21-20(3,4)5)18-12-16-10-8-9-15(16)11-17(13)18/h13-19,21H,8-12H2,1-7H3/t13?,14-,15?,16?,17?,18?,19?/m1/s1. The summed E-state index contributed by atoms with van der Waals surface area (Å²) in [7, 11) is -1.41. The van der Waals surface area contributed by atoms with Gasteiger partial charge in [0.25, 0.3) is 0 Å². The predicted octanol–water partition coefficient (Wildman–Crippen LogP) is 5.68. The highest BCUT2D eigenvalue weighted by atomic mass is 28.3. The van der Waals surface area contributed by atoms with Crippen LogP contribution in [0.1, 0.15) is 66.7 Å². The van der Waals surface area contributed by atoms with Crippen LogP contribution in [-0.2, 0) is 0 Å². The predicted molar refractivity (Wildman–Crippen MR) is 99.5 cm³/mol. The summed E-state index contributed by atoms with van der Waals surface area (Å²) < 4.78 is 0. The van der Waals surface area contributed by atoms with Crippen molar-refractivity contribution in [2.45, 2.75) is 90.9 Å². The third-order valence-electron chi connectivity index (χ3n) is 7.58. The van der Waals surface area contributed by atoms with E-state index in [1.165, 1.54) is 12.8 Å². The second-order valence-corrected chi connectivity index (χ2v) is 15.0. The van der Waals surface area contributed by atoms with Crippen molar-refractivity contribution >= 4 is 8.24 Å². The van der Waals surface area contributed by atoms with Crippen LogP contribution in [0.3, 0.4) is 0 Å². The molecule has 0 aromatic heterocycles. The van der Waals surface area contributed by atoms with Crippen LogP contribution >= 0.6 is 0 Å². The molecule has 0 aromatic carbocycles. The van der Waals surface area contributed by atoms with Crippen molar-refractivity contribution in [2.75, 3.05) is 0 Å². The Hall–Kier alpha value is 0.177. The lowest BCUT2D eigenvalue weighted by Gasteiger charge is -2.45. The normalized spacial score (nSPS) is 45.7. The average Bonchev–Trinajstić information content (AvgIpc) is 2.89. The first-order chi connectivity index (χ1) is 10.1. The van der Waals surface area contributed by atoms with Crippen molar-refractivity contribution in [2.24, 2.45) is 35.5 Å². The maximum absolute atomic E-state index is 4.12. The summed E-state index contributed by atoms with van der Waals surface area (Å²) in [5, 5.41) is 0. The minimum atomic E-state index is -1.41. The Morgan fingerprint density at radius 1 is 0.864 bits per heavy atom. The van der Waals surface area contributed by atoms with Gasteiger partial charge in [-0.05, 0) is 74.7 Å². The Morgan fingerprint density at radius 3 is 1.95 bits per heavy atom. The molecule has 1 nitrogen and oxygen atoms in total. The van der Waals surface area contributed by atoms with E-state index in [-0.39, 0.29) is 5.54 Å². The number of hydrogen-bond donors (Lipinski definition) is 1. The second kappa shape index (κ2) is 5.62. The molecule has 0 aromatic rings. The summed E-state index contributed by atoms with van der Waals surface area (Å²) in [6.07, 6.45) is 7.73. The third-order valence-corrected chi connectivity index (χ3v) is 11.6. The van der Waals surface area contributed by atoms with Gasteiger partial charge in [-0.2, -0.15) is 0 Å². The summed E-state index contributed by atoms with van der Waals surface area (Å²) in [6, 6.07) is 0. The molecule has 3 fully saturated rings. The van der Waals surface area contributed by atoms with Crippen LogP contribution in [-0.4, -0.2) is 13.8 Å². The van der Waals surface area contributed by atoms with Gasteiger partial charge in [0.2, 0.25) is 0 Å². The molecule has 3 rings (SSSR count). The second-order valence-electron chi connectivity index (χ2n) is 10.6. The average molecular weight is 322 g/mol. The molecule has 3 aliphatic carbocycles. The van der Waals surface area contributed by atoms with Gasteiger partial charge in [0.1, 0.15) is 8.24 Å². The fourth-order valence-corrected chi connectivity index (χ4v) is 12.3. The Labute approximate surface area is 140 Å². The zero-order valence-electron chi connectivity index (χ0n) is 16.1. The molecular formula is C20H39NSi. The lowest BCUT2D eigenvalue weighted by atomic mass is 9.69. The Kier molecular flexibility index (Phi) is 4.34. The molecule has 2 heteroatoms. The van der Waals surface area contributed by atoms with Crippen LogP contribution < -0.4 is 4.98 Å². The van der Waals surface area contributed by atoms with E-state index in [9.17, 15) is 0 Å². The molecule has 0 bridgehead atoms. The van der Waals surface area contributed by atoms with Crippen molar-refractivity contribution in [1.82, 2.24) is 4.98 Å². The molecule has 3 aliphatic rings. The van der Waals surface area contributed by atoms with Crippen LogP contribution in [0, 0.1) is 35.5 Å². The summed E-state index contributed by atoms with van der Waals surface area (Å²) in [4.78, 5) is 4.12. The molecule has 0 radical (unpaired) electrons. The minimum Gasteiger partial charge on any atom is -0.332 e. The van der Waals surface area contributed by atoms with Gasteiger partial charge in [0, 0.05) is 5.54 Å². The van der Waals surface area contributed by atoms with Crippen molar-refractivity contribution < 1.29 is 0 Å². The first kappa shape index (κ1) is 17.0. The Bertz CT molecular complexity index is 410. The molecule has 6 unspecified atom stereocenters. The molecule has 1 N–H and O–H groups in total. The highest BCUT2D eigenvalue weighted by molar-refractivity contribution is 6.76. The fourth-order valence-electron chi connectivity index (χ4n) is 7.15. The van der Waals surface area contributed by atoms with Gasteiger partial charge in [0.15, 0.2) is 0 Å². The van der Waals surface area contributed by atoms with Gasteiger partial charge < -0.3 is 4.98 Å². The van der Waals surface area contributed by atoms with Gasteiger partial charge >= 0.3 is 0 Å². The van der Waals surface area contributed by atoms with Gasteiger partial charge in [-0.25, -0.2) is 0 Å². The smallest absolute Gasteiger partial charge is 0.123 e. The van der Waals surface area contributed by atoms with E-state index >= 15 is 0 Å². The zero-order valence-corrected chi connectivity index (χ0v) is 17.1. The fraction of sp³-hybridized carbons (Fsp3) is 1.00. The van der Waals surface area contributed by atoms with Gasteiger partial charge in [-0.15, -0.1) is 0 Å². The molecule has 3 saturated carbocycles. The number of hydrogen-bond acceptors (Lipinski definition) is 1. The van der Waals surface area contributed by atoms with E-state index in [2.05, 4.69) is 52.7 Å². The molecular weight excluding hydrogens is 282 g/mol. The zero-order chi connectivity index (χ0) is 16.3. The molecule has 0 heterocycles. The van der Waals surface area contributed by atoms with Crippen molar-refractivity contribution in [3.05, 3.63) is 0 Å². The number of fused-ring (bicyclic) bond motifs is 2. The summed E-state index contributed by atoms with van der Waals surface area (Å²) in [5.74, 6) is 6.11. The molecule has 128 valence electrons. The lowest BCUT2D eigenvalue weighted by molar-refractivity contribution is 0.132. The maximum Gasteiger partial charge on any atom is 0.123 e. The Morgan fingerprint density at radius 2 is 1.41 bits per heavy atom. The molecule has 7 atom stereocenters. The van der Waals surface area contributed by atoms with Crippen LogP contribution in [0.5, 0.6) is 0 Å². The van der Waals surface area contributed by atoms with Crippen LogP contribution in [0.2, 0.25) is 18.6 Å². The highest BCUT2D eigenvalue weighted by Gasteiger charge is 2.56. The van der Waals surface area contributed by atoms with Crippen LogP contribution in [0.15, 0.2) is 0 Å². The first-order valence-corrected chi connectivity index (χ1v) is 13.0. The van der Waals surface area contributed by atoms with Crippen molar-refractivity contribution in [1.29, 1.82) is 0 Å². The quantitative estimate of drug-likeness (QED) is 0.645. The van der Waals surface area contributed by atoms with Gasteiger partial charge in [-0.3, -0.25) is 0 Å². The maximum atomic E-state index is 4.12. The summed E-state index contributed by atoms with van der Waals surface area (Å²) in [5.41, 5.74) is 1.25. The van der Waals surface area contributed by atoms with E-state index in [1.807, 2.05) is 0 Å². The third kappa shape index (κ3) is 2.95. The van der Waals surface area contributed by atoms with Crippen LogP contribution in [0.4, 0.5) is 0 Å². The molecule has 0 spiro atoms. The van der Waals surface area contributed by atoms with E-state index in [0.29, 0.717) is 0 Å². The molecule has 0 aliphatic heterocycles. The van der Waals surface area contributed by atoms with E-state index < -0.39 is 8.24 Å².